The third-order valence-corrected chi connectivity index (χ3v) is 7.96. The molecule has 0 spiro atoms. The Labute approximate surface area is 225 Å². The fourth-order valence-corrected chi connectivity index (χ4v) is 6.13. The van der Waals surface area contributed by atoms with Crippen LogP contribution in [0.25, 0.3) is 27.8 Å². The van der Waals surface area contributed by atoms with Crippen molar-refractivity contribution in [2.45, 2.75) is 32.0 Å². The summed E-state index contributed by atoms with van der Waals surface area (Å²) < 4.78 is 17.4. The van der Waals surface area contributed by atoms with Gasteiger partial charge in [0.25, 0.3) is 0 Å². The number of nitrogens with zero attached hydrogens (tertiary/aromatic N) is 8. The van der Waals surface area contributed by atoms with E-state index in [2.05, 4.69) is 50.3 Å². The van der Waals surface area contributed by atoms with Gasteiger partial charge in [-0.2, -0.15) is 15.5 Å². The molecule has 3 saturated heterocycles. The van der Waals surface area contributed by atoms with E-state index < -0.39 is 0 Å². The average Bonchev–Trinajstić information content (AvgIpc) is 3.57. The van der Waals surface area contributed by atoms with E-state index in [1.165, 1.54) is 6.42 Å². The van der Waals surface area contributed by atoms with E-state index in [0.29, 0.717) is 17.6 Å². The summed E-state index contributed by atoms with van der Waals surface area (Å²) in [7, 11) is 1.89. The van der Waals surface area contributed by atoms with Crippen molar-refractivity contribution in [3.8, 4) is 28.3 Å². The second-order valence-electron chi connectivity index (χ2n) is 10.7. The maximum absolute atomic E-state index is 13.9. The molecule has 2 atom stereocenters. The van der Waals surface area contributed by atoms with Crippen molar-refractivity contribution in [2.75, 3.05) is 18.0 Å². The predicted octanol–water partition coefficient (Wildman–Crippen LogP) is 4.58. The molecule has 194 valence electrons. The molecule has 3 fully saturated rings. The van der Waals surface area contributed by atoms with E-state index >= 15 is 0 Å². The Kier molecular flexibility index (Phi) is 5.46. The average molecular weight is 519 g/mol. The van der Waals surface area contributed by atoms with Crippen LogP contribution in [0.1, 0.15) is 23.1 Å². The summed E-state index contributed by atoms with van der Waals surface area (Å²) in [4.78, 5) is 9.68. The maximum atomic E-state index is 13.9. The molecule has 0 saturated carbocycles. The molecular formula is C30H27FN8. The normalized spacial score (nSPS) is 18.8. The molecule has 0 amide bonds. The first-order valence-corrected chi connectivity index (χ1v) is 13.1. The lowest BCUT2D eigenvalue weighted by molar-refractivity contribution is -0.00875. The minimum absolute atomic E-state index is 0.164. The van der Waals surface area contributed by atoms with Crippen LogP contribution in [-0.4, -0.2) is 54.5 Å². The second kappa shape index (κ2) is 9.03. The first-order valence-electron chi connectivity index (χ1n) is 13.1. The Morgan fingerprint density at radius 1 is 0.974 bits per heavy atom. The van der Waals surface area contributed by atoms with E-state index in [-0.39, 0.29) is 5.82 Å². The summed E-state index contributed by atoms with van der Waals surface area (Å²) in [6.45, 7) is 4.52. The zero-order valence-electron chi connectivity index (χ0n) is 21.8. The van der Waals surface area contributed by atoms with Gasteiger partial charge in [-0.25, -0.2) is 13.9 Å². The molecule has 3 aliphatic heterocycles. The molecule has 0 aliphatic carbocycles. The van der Waals surface area contributed by atoms with Crippen molar-refractivity contribution < 1.29 is 4.39 Å². The lowest BCUT2D eigenvalue weighted by Gasteiger charge is -2.56. The standard InChI is InChI=1S/C30H27FN8/c1-19-5-20(7-25(31)6-19)14-38-26-9-27(38)18-37(17-26)29-4-3-21(11-33-29)28-8-22(24-13-34-36(2)15-24)16-39-30(28)23(10-32)12-35-39/h3-8,11-13,15-16,26-27H,9,14,17-18H2,1-2H3. The highest BCUT2D eigenvalue weighted by Crippen LogP contribution is 2.37. The highest BCUT2D eigenvalue weighted by molar-refractivity contribution is 5.87. The highest BCUT2D eigenvalue weighted by Gasteiger charge is 2.44. The lowest BCUT2D eigenvalue weighted by Crippen LogP contribution is -2.68. The molecule has 1 aromatic carbocycles. The van der Waals surface area contributed by atoms with Gasteiger partial charge in [-0.1, -0.05) is 6.07 Å². The molecule has 0 N–H and O–H groups in total. The van der Waals surface area contributed by atoms with E-state index in [0.717, 1.165) is 64.3 Å². The van der Waals surface area contributed by atoms with Gasteiger partial charge in [0.1, 0.15) is 17.7 Å². The van der Waals surface area contributed by atoms with Gasteiger partial charge < -0.3 is 4.90 Å². The predicted molar refractivity (Wildman–Crippen MR) is 146 cm³/mol. The van der Waals surface area contributed by atoms with Crippen LogP contribution in [0.2, 0.25) is 0 Å². The number of pyridine rings is 2. The van der Waals surface area contributed by atoms with Crippen LogP contribution >= 0.6 is 0 Å². The number of hydrogen-bond acceptors (Lipinski definition) is 6. The number of hydrogen-bond donors (Lipinski definition) is 0. The molecule has 7 heterocycles. The molecule has 2 bridgehead atoms. The van der Waals surface area contributed by atoms with Crippen molar-refractivity contribution in [2.24, 2.45) is 7.05 Å². The van der Waals surface area contributed by atoms with E-state index in [4.69, 9.17) is 4.98 Å². The monoisotopic (exact) mass is 518 g/mol. The Bertz CT molecular complexity index is 1710. The number of fused-ring (bicyclic) bond motifs is 3. The molecular weight excluding hydrogens is 491 g/mol. The number of rotatable bonds is 5. The number of halogens is 1. The van der Waals surface area contributed by atoms with Crippen molar-refractivity contribution in [1.82, 2.24) is 29.3 Å². The number of piperazine rings is 1. The summed E-state index contributed by atoms with van der Waals surface area (Å²) in [5.74, 6) is 0.783. The van der Waals surface area contributed by atoms with Crippen molar-refractivity contribution in [1.29, 1.82) is 5.26 Å². The SMILES string of the molecule is Cc1cc(F)cc(CN2C3CC2CN(c2ccc(-c4cc(-c5cnn(C)c5)cn5ncc(C#N)c45)cn2)C3)c1. The fraction of sp³-hybridized carbons (Fsp3) is 0.267. The van der Waals surface area contributed by atoms with Gasteiger partial charge >= 0.3 is 0 Å². The molecule has 0 radical (unpaired) electrons. The molecule has 8 rings (SSSR count). The molecule has 39 heavy (non-hydrogen) atoms. The summed E-state index contributed by atoms with van der Waals surface area (Å²) in [5, 5.41) is 18.4. The molecule has 3 aliphatic rings. The van der Waals surface area contributed by atoms with Crippen molar-refractivity contribution in [3.05, 3.63) is 89.9 Å². The van der Waals surface area contributed by atoms with Gasteiger partial charge in [0.15, 0.2) is 0 Å². The van der Waals surface area contributed by atoms with Crippen LogP contribution in [0, 0.1) is 24.1 Å². The third-order valence-electron chi connectivity index (χ3n) is 7.96. The van der Waals surface area contributed by atoms with E-state index in [1.807, 2.05) is 38.8 Å². The number of benzene rings is 1. The molecule has 4 aromatic heterocycles. The summed E-state index contributed by atoms with van der Waals surface area (Å²) in [5.41, 5.74) is 7.06. The number of piperidine rings is 1. The van der Waals surface area contributed by atoms with Crippen LogP contribution in [0.3, 0.4) is 0 Å². The smallest absolute Gasteiger partial charge is 0.128 e. The number of anilines is 1. The topological polar surface area (TPSA) is 78.3 Å². The zero-order valence-corrected chi connectivity index (χ0v) is 21.8. The van der Waals surface area contributed by atoms with E-state index in [9.17, 15) is 9.65 Å². The van der Waals surface area contributed by atoms with Crippen LogP contribution in [0.15, 0.2) is 67.4 Å². The summed E-state index contributed by atoms with van der Waals surface area (Å²) >= 11 is 0. The van der Waals surface area contributed by atoms with Crippen LogP contribution in [-0.2, 0) is 13.6 Å². The number of aromatic nitrogens is 5. The van der Waals surface area contributed by atoms with Crippen LogP contribution in [0.4, 0.5) is 10.2 Å². The Hall–Kier alpha value is -4.55. The Balaban J connectivity index is 1.14. The van der Waals surface area contributed by atoms with Crippen LogP contribution < -0.4 is 4.90 Å². The fourth-order valence-electron chi connectivity index (χ4n) is 6.13. The quantitative estimate of drug-likeness (QED) is 0.339. The molecule has 8 nitrogen and oxygen atoms in total. The van der Waals surface area contributed by atoms with Gasteiger partial charge in [0.2, 0.25) is 0 Å². The minimum Gasteiger partial charge on any atom is -0.353 e. The van der Waals surface area contributed by atoms with E-state index in [1.54, 1.807) is 27.5 Å². The minimum atomic E-state index is -0.164. The van der Waals surface area contributed by atoms with Crippen molar-refractivity contribution in [3.63, 3.8) is 0 Å². The Morgan fingerprint density at radius 2 is 1.82 bits per heavy atom. The summed E-state index contributed by atoms with van der Waals surface area (Å²) in [6, 6.07) is 14.7. The van der Waals surface area contributed by atoms with Gasteiger partial charge in [-0.05, 0) is 54.8 Å². The number of nitriles is 1. The Morgan fingerprint density at radius 3 is 2.51 bits per heavy atom. The first-order chi connectivity index (χ1) is 18.9. The van der Waals surface area contributed by atoms with Crippen LogP contribution in [0.5, 0.6) is 0 Å². The third kappa shape index (κ3) is 4.14. The highest BCUT2D eigenvalue weighted by atomic mass is 19.1. The van der Waals surface area contributed by atoms with Gasteiger partial charge in [0.05, 0.1) is 23.5 Å². The number of aryl methyl sites for hydroxylation is 2. The largest absolute Gasteiger partial charge is 0.353 e. The molecule has 5 aromatic rings. The zero-order chi connectivity index (χ0) is 26.7. The van der Waals surface area contributed by atoms with Gasteiger partial charge in [-0.15, -0.1) is 0 Å². The molecule has 2 unspecified atom stereocenters. The first kappa shape index (κ1) is 23.6. The molecule has 9 heteroatoms. The maximum Gasteiger partial charge on any atom is 0.128 e. The lowest BCUT2D eigenvalue weighted by atomic mass is 9.86. The van der Waals surface area contributed by atoms with Gasteiger partial charge in [0, 0.05) is 79.6 Å². The second-order valence-corrected chi connectivity index (χ2v) is 10.7. The summed E-state index contributed by atoms with van der Waals surface area (Å²) in [6.07, 6.45) is 10.4. The van der Waals surface area contributed by atoms with Gasteiger partial charge in [-0.3, -0.25) is 9.58 Å². The van der Waals surface area contributed by atoms with Crippen molar-refractivity contribution >= 4 is 11.3 Å².